The van der Waals surface area contributed by atoms with Gasteiger partial charge in [0.1, 0.15) is 5.52 Å². The van der Waals surface area contributed by atoms with Crippen LogP contribution in [-0.2, 0) is 11.0 Å². The van der Waals surface area contributed by atoms with Crippen LogP contribution in [0, 0.1) is 5.92 Å². The summed E-state index contributed by atoms with van der Waals surface area (Å²) >= 11 is 0. The molecule has 0 saturated heterocycles. The van der Waals surface area contributed by atoms with Gasteiger partial charge >= 0.3 is 6.18 Å². The lowest BCUT2D eigenvalue weighted by molar-refractivity contribution is -0.137. The molecule has 0 spiro atoms. The normalized spacial score (nSPS) is 19.2. The van der Waals surface area contributed by atoms with Crippen molar-refractivity contribution in [2.45, 2.75) is 64.2 Å². The summed E-state index contributed by atoms with van der Waals surface area (Å²) < 4.78 is 41.5. The summed E-state index contributed by atoms with van der Waals surface area (Å²) in [6.45, 7) is 5.97. The van der Waals surface area contributed by atoms with E-state index in [0.717, 1.165) is 12.1 Å². The predicted molar refractivity (Wildman–Crippen MR) is 124 cm³/mol. The number of aromatic nitrogens is 4. The highest BCUT2D eigenvalue weighted by Crippen LogP contribution is 2.37. The van der Waals surface area contributed by atoms with Crippen LogP contribution in [-0.4, -0.2) is 31.0 Å². The fourth-order valence-electron chi connectivity index (χ4n) is 4.24. The fourth-order valence-corrected chi connectivity index (χ4v) is 4.24. The lowest BCUT2D eigenvalue weighted by Gasteiger charge is -2.29. The highest BCUT2D eigenvalue weighted by Gasteiger charge is 2.31. The summed E-state index contributed by atoms with van der Waals surface area (Å²) in [5, 5.41) is 6.28. The molecule has 1 aromatic carbocycles. The highest BCUT2D eigenvalue weighted by atomic mass is 19.4. The van der Waals surface area contributed by atoms with E-state index in [1.807, 2.05) is 25.3 Å². The van der Waals surface area contributed by atoms with Gasteiger partial charge in [0.05, 0.1) is 11.8 Å². The van der Waals surface area contributed by atoms with E-state index in [4.69, 9.17) is 5.73 Å². The van der Waals surface area contributed by atoms with Crippen molar-refractivity contribution in [3.63, 3.8) is 0 Å². The molecule has 3 aromatic rings. The third-order valence-electron chi connectivity index (χ3n) is 5.83. The molecule has 182 valence electrons. The molecule has 4 N–H and O–H groups in total. The Morgan fingerprint density at radius 1 is 1.12 bits per heavy atom. The van der Waals surface area contributed by atoms with Gasteiger partial charge in [0.2, 0.25) is 17.8 Å². The van der Waals surface area contributed by atoms with E-state index in [9.17, 15) is 18.0 Å². The second kappa shape index (κ2) is 8.77. The first-order valence-electron chi connectivity index (χ1n) is 11.2. The van der Waals surface area contributed by atoms with Gasteiger partial charge in [-0.05, 0) is 64.7 Å². The molecule has 1 aliphatic carbocycles. The lowest BCUT2D eigenvalue weighted by atomic mass is 9.85. The lowest BCUT2D eigenvalue weighted by Crippen LogP contribution is -2.29. The minimum Gasteiger partial charge on any atom is -0.369 e. The second-order valence-corrected chi connectivity index (χ2v) is 9.69. The molecule has 34 heavy (non-hydrogen) atoms. The van der Waals surface area contributed by atoms with Gasteiger partial charge in [-0.3, -0.25) is 9.36 Å². The molecule has 8 nitrogen and oxygen atoms in total. The smallest absolute Gasteiger partial charge is 0.369 e. The molecule has 4 rings (SSSR count). The molecule has 0 bridgehead atoms. The zero-order chi connectivity index (χ0) is 24.7. The zero-order valence-corrected chi connectivity index (χ0v) is 19.3. The number of rotatable bonds is 5. The van der Waals surface area contributed by atoms with E-state index in [2.05, 4.69) is 25.6 Å². The van der Waals surface area contributed by atoms with Gasteiger partial charge in [-0.1, -0.05) is 6.07 Å². The van der Waals surface area contributed by atoms with Gasteiger partial charge in [-0.15, -0.1) is 0 Å². The Morgan fingerprint density at radius 2 is 1.82 bits per heavy atom. The Labute approximate surface area is 195 Å². The van der Waals surface area contributed by atoms with Crippen LogP contribution in [0.25, 0.3) is 11.2 Å². The minimum absolute atomic E-state index is 0.0497. The number of nitrogens with one attached hydrogen (secondary N) is 2. The third kappa shape index (κ3) is 5.23. The first-order valence-corrected chi connectivity index (χ1v) is 11.2. The van der Waals surface area contributed by atoms with Crippen LogP contribution >= 0.6 is 0 Å². The van der Waals surface area contributed by atoms with Crippen molar-refractivity contribution in [1.29, 1.82) is 0 Å². The molecular formula is C23H28F3N7O. The third-order valence-corrected chi connectivity index (χ3v) is 5.83. The van der Waals surface area contributed by atoms with Gasteiger partial charge < -0.3 is 16.4 Å². The number of carbonyl (C=O) groups excluding carboxylic acids is 1. The molecule has 11 heteroatoms. The molecular weight excluding hydrogens is 447 g/mol. The summed E-state index contributed by atoms with van der Waals surface area (Å²) in [5.74, 6) is 0.311. The molecule has 1 aliphatic rings. The summed E-state index contributed by atoms with van der Waals surface area (Å²) in [4.78, 5) is 25.2. The number of imidazole rings is 1. The number of fused-ring (bicyclic) bond motifs is 1. The maximum absolute atomic E-state index is 13.2. The van der Waals surface area contributed by atoms with Crippen molar-refractivity contribution in [3.05, 3.63) is 36.0 Å². The van der Waals surface area contributed by atoms with Crippen LogP contribution in [0.4, 0.5) is 30.8 Å². The largest absolute Gasteiger partial charge is 0.416 e. The number of anilines is 3. The topological polar surface area (TPSA) is 111 Å². The Kier molecular flexibility index (Phi) is 6.13. The van der Waals surface area contributed by atoms with E-state index >= 15 is 0 Å². The summed E-state index contributed by atoms with van der Waals surface area (Å²) in [6, 6.07) is 4.93. The van der Waals surface area contributed by atoms with Crippen LogP contribution in [0.15, 0.2) is 30.5 Å². The number of primary amides is 1. The monoisotopic (exact) mass is 475 g/mol. The number of amides is 1. The predicted octanol–water partition coefficient (Wildman–Crippen LogP) is 5.02. The quantitative estimate of drug-likeness (QED) is 0.478. The van der Waals surface area contributed by atoms with Crippen LogP contribution < -0.4 is 16.4 Å². The molecule has 1 fully saturated rings. The van der Waals surface area contributed by atoms with E-state index in [0.29, 0.717) is 48.7 Å². The zero-order valence-electron chi connectivity index (χ0n) is 19.3. The number of hydrogen-bond donors (Lipinski definition) is 3. The van der Waals surface area contributed by atoms with Gasteiger partial charge in [-0.25, -0.2) is 9.97 Å². The number of nitrogens with two attached hydrogens (primary N) is 1. The van der Waals surface area contributed by atoms with E-state index in [-0.39, 0.29) is 29.1 Å². The molecule has 2 heterocycles. The average molecular weight is 476 g/mol. The number of carbonyl (C=O) groups is 1. The van der Waals surface area contributed by atoms with Crippen molar-refractivity contribution in [2.24, 2.45) is 11.7 Å². The Bertz CT molecular complexity index is 1190. The first kappa shape index (κ1) is 23.8. The number of nitrogens with zero attached hydrogens (tertiary/aromatic N) is 4. The van der Waals surface area contributed by atoms with Gasteiger partial charge in [0.25, 0.3) is 0 Å². The Hall–Kier alpha value is -3.37. The van der Waals surface area contributed by atoms with Crippen LogP contribution in [0.5, 0.6) is 0 Å². The van der Waals surface area contributed by atoms with Gasteiger partial charge in [-0.2, -0.15) is 18.2 Å². The van der Waals surface area contributed by atoms with Gasteiger partial charge in [0.15, 0.2) is 5.65 Å². The maximum atomic E-state index is 13.2. The van der Waals surface area contributed by atoms with E-state index in [1.165, 1.54) is 6.07 Å². The molecule has 0 radical (unpaired) electrons. The van der Waals surface area contributed by atoms with Crippen LogP contribution in [0.1, 0.15) is 58.1 Å². The summed E-state index contributed by atoms with van der Waals surface area (Å²) in [5.41, 5.74) is 5.82. The van der Waals surface area contributed by atoms with Crippen LogP contribution in [0.2, 0.25) is 0 Å². The molecule has 0 unspecified atom stereocenters. The molecule has 0 atom stereocenters. The number of alkyl halides is 3. The standard InChI is InChI=1S/C23H28F3N7O/c1-22(2,3)32-20-28-12-17-19(31-20)33(16-9-7-13(8-10-16)18(27)34)21(30-17)29-15-6-4-5-14(11-15)23(24,25)26/h4-6,11-13,16H,7-10H2,1-3H3,(H2,27,34)(H,29,30)(H,28,31,32)/t13-,16-. The van der Waals surface area contributed by atoms with Crippen molar-refractivity contribution in [1.82, 2.24) is 19.5 Å². The number of hydrogen-bond acceptors (Lipinski definition) is 6. The highest BCUT2D eigenvalue weighted by molar-refractivity contribution is 5.78. The van der Waals surface area contributed by atoms with Crippen molar-refractivity contribution >= 4 is 34.7 Å². The van der Waals surface area contributed by atoms with E-state index in [1.54, 1.807) is 12.3 Å². The maximum Gasteiger partial charge on any atom is 0.416 e. The van der Waals surface area contributed by atoms with Crippen molar-refractivity contribution in [3.8, 4) is 0 Å². The average Bonchev–Trinajstić information content (AvgIpc) is 3.09. The SMILES string of the molecule is CC(C)(C)Nc1ncc2nc(Nc3cccc(C(F)(F)F)c3)n([C@H]3CC[C@H](C(N)=O)CC3)c2n1. The van der Waals surface area contributed by atoms with Crippen molar-refractivity contribution < 1.29 is 18.0 Å². The second-order valence-electron chi connectivity index (χ2n) is 9.69. The van der Waals surface area contributed by atoms with E-state index < -0.39 is 11.7 Å². The Morgan fingerprint density at radius 3 is 2.44 bits per heavy atom. The fraction of sp³-hybridized carbons (Fsp3) is 0.478. The molecule has 1 saturated carbocycles. The van der Waals surface area contributed by atoms with Gasteiger partial charge in [0, 0.05) is 23.2 Å². The number of benzene rings is 1. The minimum atomic E-state index is -4.45. The van der Waals surface area contributed by atoms with Crippen LogP contribution in [0.3, 0.4) is 0 Å². The molecule has 1 amide bonds. The summed E-state index contributed by atoms with van der Waals surface area (Å²) in [7, 11) is 0. The first-order chi connectivity index (χ1) is 15.9. The summed E-state index contributed by atoms with van der Waals surface area (Å²) in [6.07, 6.45) is -0.268. The Balaban J connectivity index is 1.75. The number of halogens is 3. The molecule has 2 aromatic heterocycles. The van der Waals surface area contributed by atoms with Crippen molar-refractivity contribution in [2.75, 3.05) is 10.6 Å². The molecule has 0 aliphatic heterocycles.